The summed E-state index contributed by atoms with van der Waals surface area (Å²) in [7, 11) is -1.28. The van der Waals surface area contributed by atoms with E-state index in [4.69, 9.17) is 9.47 Å². The monoisotopic (exact) mass is 549 g/mol. The molecular weight excluding hydrogens is 524 g/mol. The average Bonchev–Trinajstić information content (AvgIpc) is 3.55. The van der Waals surface area contributed by atoms with E-state index in [2.05, 4.69) is 25.3 Å². The SMILES string of the molecule is COc1cccc(OC)c1-n1c(CS(=O)(=O)[C@@H](C)[C@H](O)c2ncc(C)cn2)nnc1-c1ccn(C(F)F)n1. The van der Waals surface area contributed by atoms with Crippen molar-refractivity contribution in [3.05, 3.63) is 60.1 Å². The van der Waals surface area contributed by atoms with E-state index in [1.54, 1.807) is 25.1 Å². The van der Waals surface area contributed by atoms with Crippen LogP contribution in [0.15, 0.2) is 42.9 Å². The van der Waals surface area contributed by atoms with Crippen molar-refractivity contribution in [2.45, 2.75) is 37.5 Å². The van der Waals surface area contributed by atoms with Crippen LogP contribution >= 0.6 is 0 Å². The molecule has 3 heterocycles. The first-order valence-corrected chi connectivity index (χ1v) is 13.0. The molecule has 3 aromatic heterocycles. The van der Waals surface area contributed by atoms with E-state index in [-0.39, 0.29) is 40.4 Å². The molecule has 15 heteroatoms. The highest BCUT2D eigenvalue weighted by atomic mass is 32.2. The minimum atomic E-state index is -4.10. The highest BCUT2D eigenvalue weighted by Crippen LogP contribution is 2.37. The number of alkyl halides is 2. The van der Waals surface area contributed by atoms with E-state index < -0.39 is 33.5 Å². The van der Waals surface area contributed by atoms with Gasteiger partial charge in [0.15, 0.2) is 27.3 Å². The maximum Gasteiger partial charge on any atom is 0.333 e. The number of benzene rings is 1. The van der Waals surface area contributed by atoms with Gasteiger partial charge in [0.2, 0.25) is 0 Å². The molecule has 0 unspecified atom stereocenters. The van der Waals surface area contributed by atoms with Gasteiger partial charge in [-0.1, -0.05) is 6.07 Å². The van der Waals surface area contributed by atoms with E-state index in [9.17, 15) is 22.3 Å². The maximum absolute atomic E-state index is 13.4. The molecule has 1 N–H and O–H groups in total. The van der Waals surface area contributed by atoms with Crippen LogP contribution in [0.1, 0.15) is 36.8 Å². The zero-order valence-electron chi connectivity index (χ0n) is 20.9. The van der Waals surface area contributed by atoms with Crippen molar-refractivity contribution in [3.8, 4) is 28.7 Å². The lowest BCUT2D eigenvalue weighted by molar-refractivity contribution is 0.0568. The summed E-state index contributed by atoms with van der Waals surface area (Å²) in [5, 5.41) is 21.4. The van der Waals surface area contributed by atoms with Crippen LogP contribution in [0.4, 0.5) is 8.78 Å². The number of ether oxygens (including phenoxy) is 2. The number of hydrogen-bond donors (Lipinski definition) is 1. The van der Waals surface area contributed by atoms with Crippen molar-refractivity contribution in [2.24, 2.45) is 0 Å². The summed E-state index contributed by atoms with van der Waals surface area (Å²) in [5.41, 5.74) is 0.997. The molecule has 38 heavy (non-hydrogen) atoms. The molecule has 0 aliphatic carbocycles. The predicted molar refractivity (Wildman–Crippen MR) is 131 cm³/mol. The first kappa shape index (κ1) is 27.1. The number of sulfone groups is 1. The second-order valence-corrected chi connectivity index (χ2v) is 10.7. The summed E-state index contributed by atoms with van der Waals surface area (Å²) in [5.74, 6) is -0.277. The van der Waals surface area contributed by atoms with Crippen molar-refractivity contribution in [1.82, 2.24) is 34.5 Å². The largest absolute Gasteiger partial charge is 0.494 e. The molecule has 0 radical (unpaired) electrons. The van der Waals surface area contributed by atoms with Crippen molar-refractivity contribution in [3.63, 3.8) is 0 Å². The topological polar surface area (TPSA) is 147 Å². The van der Waals surface area contributed by atoms with Crippen LogP contribution in [-0.2, 0) is 15.6 Å². The van der Waals surface area contributed by atoms with Crippen molar-refractivity contribution < 1.29 is 31.8 Å². The third kappa shape index (κ3) is 5.19. The van der Waals surface area contributed by atoms with E-state index in [1.165, 1.54) is 44.2 Å². The number of aryl methyl sites for hydroxylation is 1. The Morgan fingerprint density at radius 2 is 1.68 bits per heavy atom. The minimum absolute atomic E-state index is 0.00976. The van der Waals surface area contributed by atoms with Gasteiger partial charge >= 0.3 is 6.55 Å². The summed E-state index contributed by atoms with van der Waals surface area (Å²) < 4.78 is 66.0. The molecule has 0 saturated heterocycles. The number of aliphatic hydroxyl groups excluding tert-OH is 1. The molecule has 0 aliphatic heterocycles. The van der Waals surface area contributed by atoms with Gasteiger partial charge in [-0.25, -0.2) is 23.1 Å². The van der Waals surface area contributed by atoms with Gasteiger partial charge in [0.25, 0.3) is 0 Å². The van der Waals surface area contributed by atoms with E-state index in [0.29, 0.717) is 4.68 Å². The normalized spacial score (nSPS) is 13.5. The Balaban J connectivity index is 1.82. The standard InChI is InChI=1S/C23H25F2N7O5S/c1-13-10-26-21(27-11-13)20(33)14(2)38(34,35)12-18-28-29-22(15-8-9-31(30-15)23(24)25)32(18)19-16(36-3)6-5-7-17(19)37-4/h5-11,14,20,23,33H,12H2,1-4H3/t14-,20-/m0/s1. The first-order chi connectivity index (χ1) is 18.1. The maximum atomic E-state index is 13.4. The van der Waals surface area contributed by atoms with Gasteiger partial charge in [-0.2, -0.15) is 13.9 Å². The Kier molecular flexibility index (Phi) is 7.68. The molecule has 1 aromatic carbocycles. The molecular formula is C23H25F2N7O5S. The van der Waals surface area contributed by atoms with Gasteiger partial charge in [-0.15, -0.1) is 10.2 Å². The molecule has 0 amide bonds. The van der Waals surface area contributed by atoms with Gasteiger partial charge in [-0.3, -0.25) is 4.57 Å². The number of rotatable bonds is 10. The first-order valence-electron chi connectivity index (χ1n) is 11.2. The van der Waals surface area contributed by atoms with Crippen LogP contribution in [0.3, 0.4) is 0 Å². The quantitative estimate of drug-likeness (QED) is 0.313. The fourth-order valence-electron chi connectivity index (χ4n) is 3.70. The van der Waals surface area contributed by atoms with Gasteiger partial charge < -0.3 is 14.6 Å². The zero-order chi connectivity index (χ0) is 27.6. The molecule has 4 rings (SSSR count). The lowest BCUT2D eigenvalue weighted by atomic mass is 10.2. The molecule has 12 nitrogen and oxygen atoms in total. The highest BCUT2D eigenvalue weighted by Gasteiger charge is 2.34. The smallest absolute Gasteiger partial charge is 0.333 e. The van der Waals surface area contributed by atoms with Crippen LogP contribution in [0.5, 0.6) is 11.5 Å². The lowest BCUT2D eigenvalue weighted by Crippen LogP contribution is -2.29. The number of nitrogens with zero attached hydrogens (tertiary/aromatic N) is 7. The lowest BCUT2D eigenvalue weighted by Gasteiger charge is -2.20. The molecule has 2 atom stereocenters. The molecule has 202 valence electrons. The second kappa shape index (κ2) is 10.8. The van der Waals surface area contributed by atoms with Crippen LogP contribution in [0.2, 0.25) is 0 Å². The molecule has 0 saturated carbocycles. The number of halogens is 2. The van der Waals surface area contributed by atoms with E-state index in [1.807, 2.05) is 0 Å². The number of aromatic nitrogens is 7. The summed E-state index contributed by atoms with van der Waals surface area (Å²) in [6, 6.07) is 6.18. The van der Waals surface area contributed by atoms with Crippen LogP contribution < -0.4 is 9.47 Å². The third-order valence-corrected chi connectivity index (χ3v) is 7.85. The second-order valence-electron chi connectivity index (χ2n) is 8.32. The summed E-state index contributed by atoms with van der Waals surface area (Å²) in [6.07, 6.45) is 2.49. The van der Waals surface area contributed by atoms with Crippen molar-refractivity contribution >= 4 is 9.84 Å². The fourth-order valence-corrected chi connectivity index (χ4v) is 5.03. The fraction of sp³-hybridized carbons (Fsp3) is 0.348. The van der Waals surface area contributed by atoms with Crippen LogP contribution in [0, 0.1) is 6.92 Å². The Labute approximate surface area is 216 Å². The van der Waals surface area contributed by atoms with Gasteiger partial charge in [0.1, 0.15) is 34.7 Å². The summed E-state index contributed by atoms with van der Waals surface area (Å²) in [6.45, 7) is 0.197. The van der Waals surface area contributed by atoms with Crippen LogP contribution in [-0.4, -0.2) is 67.5 Å². The molecule has 0 spiro atoms. The number of para-hydroxylation sites is 1. The van der Waals surface area contributed by atoms with E-state index in [0.717, 1.165) is 11.8 Å². The predicted octanol–water partition coefficient (Wildman–Crippen LogP) is 2.68. The van der Waals surface area contributed by atoms with E-state index >= 15 is 0 Å². The number of aliphatic hydroxyl groups is 1. The third-order valence-electron chi connectivity index (χ3n) is 5.80. The number of methoxy groups -OCH3 is 2. The minimum Gasteiger partial charge on any atom is -0.494 e. The summed E-state index contributed by atoms with van der Waals surface area (Å²) in [4.78, 5) is 8.05. The van der Waals surface area contributed by atoms with Crippen molar-refractivity contribution in [1.29, 1.82) is 0 Å². The van der Waals surface area contributed by atoms with Crippen molar-refractivity contribution in [2.75, 3.05) is 14.2 Å². The van der Waals surface area contributed by atoms with Gasteiger partial charge in [-0.05, 0) is 37.6 Å². The highest BCUT2D eigenvalue weighted by molar-refractivity contribution is 7.91. The van der Waals surface area contributed by atoms with Gasteiger partial charge in [0, 0.05) is 18.6 Å². The molecule has 4 aromatic rings. The molecule has 0 bridgehead atoms. The average molecular weight is 550 g/mol. The molecule has 0 aliphatic rings. The Bertz CT molecular complexity index is 1500. The zero-order valence-corrected chi connectivity index (χ0v) is 21.7. The summed E-state index contributed by atoms with van der Waals surface area (Å²) >= 11 is 0. The Morgan fingerprint density at radius 3 is 2.24 bits per heavy atom. The van der Waals surface area contributed by atoms with Gasteiger partial charge in [0.05, 0.1) is 19.5 Å². The number of hydrogen-bond acceptors (Lipinski definition) is 10. The Hall–Kier alpha value is -3.98. The Morgan fingerprint density at radius 1 is 1.05 bits per heavy atom. The molecule has 0 fully saturated rings. The van der Waals surface area contributed by atoms with Crippen LogP contribution in [0.25, 0.3) is 17.2 Å².